The summed E-state index contributed by atoms with van der Waals surface area (Å²) in [5, 5.41) is 3.00. The van der Waals surface area contributed by atoms with Crippen molar-refractivity contribution < 1.29 is 14.3 Å². The molecule has 1 N–H and O–H groups in total. The van der Waals surface area contributed by atoms with Gasteiger partial charge in [-0.25, -0.2) is 0 Å². The monoisotopic (exact) mass is 376 g/mol. The number of ether oxygens (including phenoxy) is 2. The smallest absolute Gasteiger partial charge is 0.255 e. The topological polar surface area (TPSA) is 60.5 Å². The number of benzene rings is 2. The summed E-state index contributed by atoms with van der Waals surface area (Å²) in [7, 11) is 3.20. The molecule has 0 atom stereocenters. The first-order valence-corrected chi connectivity index (χ1v) is 9.06. The number of amides is 1. The Kier molecular flexibility index (Phi) is 5.94. The van der Waals surface area contributed by atoms with Gasteiger partial charge in [-0.05, 0) is 61.9 Å². The molecule has 1 amide bonds. The predicted molar refractivity (Wildman–Crippen MR) is 110 cm³/mol. The van der Waals surface area contributed by atoms with Crippen molar-refractivity contribution >= 4 is 5.91 Å². The summed E-state index contributed by atoms with van der Waals surface area (Å²) in [6.45, 7) is 4.38. The molecule has 28 heavy (non-hydrogen) atoms. The minimum atomic E-state index is -0.182. The van der Waals surface area contributed by atoms with Gasteiger partial charge in [0.05, 0.1) is 25.5 Å². The third-order valence-corrected chi connectivity index (χ3v) is 4.62. The van der Waals surface area contributed by atoms with E-state index in [-0.39, 0.29) is 5.91 Å². The zero-order valence-corrected chi connectivity index (χ0v) is 16.6. The highest BCUT2D eigenvalue weighted by Gasteiger charge is 2.15. The number of carbonyl (C=O) groups excluding carboxylic acids is 1. The number of nitrogens with zero attached hydrogens (tertiary/aromatic N) is 1. The Hall–Kier alpha value is -3.34. The van der Waals surface area contributed by atoms with Crippen LogP contribution in [0.1, 0.15) is 27.2 Å². The standard InChI is InChI=1S/C23H24N2O3/c1-15-13-16(2)25-22(17-9-11-18(27-3)12-10-17)20(15)14-24-23(26)19-7-5-6-8-21(19)28-4/h5-13H,14H2,1-4H3,(H,24,26). The Morgan fingerprint density at radius 1 is 1.00 bits per heavy atom. The highest BCUT2D eigenvalue weighted by atomic mass is 16.5. The number of aromatic nitrogens is 1. The molecule has 0 aliphatic heterocycles. The van der Waals surface area contributed by atoms with Gasteiger partial charge in [0.25, 0.3) is 5.91 Å². The minimum absolute atomic E-state index is 0.182. The third kappa shape index (κ3) is 4.14. The van der Waals surface area contributed by atoms with Crippen molar-refractivity contribution in [2.45, 2.75) is 20.4 Å². The molecule has 2 aromatic carbocycles. The van der Waals surface area contributed by atoms with Gasteiger partial charge in [0, 0.05) is 23.4 Å². The first-order valence-electron chi connectivity index (χ1n) is 9.06. The zero-order chi connectivity index (χ0) is 20.1. The number of carbonyl (C=O) groups is 1. The zero-order valence-electron chi connectivity index (χ0n) is 16.6. The van der Waals surface area contributed by atoms with E-state index < -0.39 is 0 Å². The summed E-state index contributed by atoms with van der Waals surface area (Å²) >= 11 is 0. The van der Waals surface area contributed by atoms with Crippen LogP contribution in [0.4, 0.5) is 0 Å². The maximum atomic E-state index is 12.7. The molecule has 3 rings (SSSR count). The molecule has 0 radical (unpaired) electrons. The van der Waals surface area contributed by atoms with Crippen molar-refractivity contribution in [1.82, 2.24) is 10.3 Å². The quantitative estimate of drug-likeness (QED) is 0.696. The Labute approximate surface area is 165 Å². The lowest BCUT2D eigenvalue weighted by Gasteiger charge is -2.15. The van der Waals surface area contributed by atoms with Crippen LogP contribution in [0, 0.1) is 13.8 Å². The summed E-state index contributed by atoms with van der Waals surface area (Å²) in [5.74, 6) is 1.16. The number of pyridine rings is 1. The molecule has 0 saturated heterocycles. The van der Waals surface area contributed by atoms with Gasteiger partial charge >= 0.3 is 0 Å². The number of rotatable bonds is 6. The van der Waals surface area contributed by atoms with Crippen LogP contribution in [0.25, 0.3) is 11.3 Å². The molecular formula is C23H24N2O3. The van der Waals surface area contributed by atoms with Gasteiger partial charge in [-0.1, -0.05) is 12.1 Å². The van der Waals surface area contributed by atoms with E-state index in [2.05, 4.69) is 5.32 Å². The lowest BCUT2D eigenvalue weighted by atomic mass is 10.0. The highest BCUT2D eigenvalue weighted by molar-refractivity contribution is 5.97. The minimum Gasteiger partial charge on any atom is -0.497 e. The van der Waals surface area contributed by atoms with Crippen molar-refractivity contribution in [1.29, 1.82) is 0 Å². The summed E-state index contributed by atoms with van der Waals surface area (Å²) in [4.78, 5) is 17.4. The fraction of sp³-hybridized carbons (Fsp3) is 0.217. The SMILES string of the molecule is COc1ccc(-c2nc(C)cc(C)c2CNC(=O)c2ccccc2OC)cc1. The van der Waals surface area contributed by atoms with E-state index in [0.29, 0.717) is 17.9 Å². The predicted octanol–water partition coefficient (Wildman–Crippen LogP) is 4.31. The molecule has 0 unspecified atom stereocenters. The van der Waals surface area contributed by atoms with Crippen LogP contribution in [0.15, 0.2) is 54.6 Å². The number of hydrogen-bond donors (Lipinski definition) is 1. The maximum absolute atomic E-state index is 12.7. The second kappa shape index (κ2) is 8.57. The van der Waals surface area contributed by atoms with Crippen molar-refractivity contribution in [2.24, 2.45) is 0 Å². The van der Waals surface area contributed by atoms with Gasteiger partial charge in [0.2, 0.25) is 0 Å². The molecule has 0 fully saturated rings. The first-order chi connectivity index (χ1) is 13.5. The Morgan fingerprint density at radius 3 is 2.39 bits per heavy atom. The van der Waals surface area contributed by atoms with Crippen molar-refractivity contribution in [3.8, 4) is 22.8 Å². The molecule has 5 heteroatoms. The van der Waals surface area contributed by atoms with E-state index >= 15 is 0 Å². The average molecular weight is 376 g/mol. The summed E-state index contributed by atoms with van der Waals surface area (Å²) in [6.07, 6.45) is 0. The molecule has 1 aromatic heterocycles. The summed E-state index contributed by atoms with van der Waals surface area (Å²) in [5.41, 5.74) is 5.35. The molecule has 0 spiro atoms. The normalized spacial score (nSPS) is 10.4. The molecule has 0 saturated carbocycles. The van der Waals surface area contributed by atoms with Crippen LogP contribution in [0.5, 0.6) is 11.5 Å². The molecule has 1 heterocycles. The number of hydrogen-bond acceptors (Lipinski definition) is 4. The number of nitrogens with one attached hydrogen (secondary N) is 1. The Morgan fingerprint density at radius 2 is 1.71 bits per heavy atom. The van der Waals surface area contributed by atoms with Crippen LogP contribution in [0.3, 0.4) is 0 Å². The van der Waals surface area contributed by atoms with Crippen LogP contribution >= 0.6 is 0 Å². The van der Waals surface area contributed by atoms with Gasteiger partial charge in [0.15, 0.2) is 0 Å². The maximum Gasteiger partial charge on any atom is 0.255 e. The molecule has 144 valence electrons. The van der Waals surface area contributed by atoms with E-state index in [9.17, 15) is 4.79 Å². The van der Waals surface area contributed by atoms with E-state index in [1.54, 1.807) is 26.4 Å². The second-order valence-corrected chi connectivity index (χ2v) is 6.52. The highest BCUT2D eigenvalue weighted by Crippen LogP contribution is 2.27. The van der Waals surface area contributed by atoms with Crippen molar-refractivity contribution in [3.63, 3.8) is 0 Å². The molecule has 0 aliphatic rings. The van der Waals surface area contributed by atoms with Gasteiger partial charge in [0.1, 0.15) is 11.5 Å². The van der Waals surface area contributed by atoms with Crippen molar-refractivity contribution in [2.75, 3.05) is 14.2 Å². The van der Waals surface area contributed by atoms with Gasteiger partial charge < -0.3 is 14.8 Å². The second-order valence-electron chi connectivity index (χ2n) is 6.52. The van der Waals surface area contributed by atoms with E-state index in [1.807, 2.05) is 56.3 Å². The van der Waals surface area contributed by atoms with E-state index in [4.69, 9.17) is 14.5 Å². The van der Waals surface area contributed by atoms with Gasteiger partial charge in [-0.2, -0.15) is 0 Å². The van der Waals surface area contributed by atoms with Crippen LogP contribution in [-0.4, -0.2) is 25.1 Å². The average Bonchev–Trinajstić information content (AvgIpc) is 2.72. The Balaban J connectivity index is 1.90. The molecular weight excluding hydrogens is 352 g/mol. The number of methoxy groups -OCH3 is 2. The van der Waals surface area contributed by atoms with Crippen LogP contribution < -0.4 is 14.8 Å². The number of aryl methyl sites for hydroxylation is 2. The van der Waals surface area contributed by atoms with E-state index in [0.717, 1.165) is 33.8 Å². The lowest BCUT2D eigenvalue weighted by Crippen LogP contribution is -2.24. The Bertz CT molecular complexity index is 982. The third-order valence-electron chi connectivity index (χ3n) is 4.62. The van der Waals surface area contributed by atoms with Crippen LogP contribution in [0.2, 0.25) is 0 Å². The number of para-hydroxylation sites is 1. The molecule has 0 bridgehead atoms. The largest absolute Gasteiger partial charge is 0.497 e. The fourth-order valence-electron chi connectivity index (χ4n) is 3.17. The van der Waals surface area contributed by atoms with Gasteiger partial charge in [-0.15, -0.1) is 0 Å². The fourth-order valence-corrected chi connectivity index (χ4v) is 3.17. The summed E-state index contributed by atoms with van der Waals surface area (Å²) in [6, 6.07) is 17.0. The lowest BCUT2D eigenvalue weighted by molar-refractivity contribution is 0.0948. The van der Waals surface area contributed by atoms with Crippen molar-refractivity contribution in [3.05, 3.63) is 77.0 Å². The first kappa shape index (κ1) is 19.4. The van der Waals surface area contributed by atoms with E-state index in [1.165, 1.54) is 0 Å². The molecule has 0 aliphatic carbocycles. The molecule has 5 nitrogen and oxygen atoms in total. The van der Waals surface area contributed by atoms with Crippen LogP contribution in [-0.2, 0) is 6.54 Å². The molecule has 3 aromatic rings. The van der Waals surface area contributed by atoms with Gasteiger partial charge in [-0.3, -0.25) is 9.78 Å². The summed E-state index contributed by atoms with van der Waals surface area (Å²) < 4.78 is 10.5.